The van der Waals surface area contributed by atoms with E-state index >= 15 is 0 Å². The number of nitrogens with zero attached hydrogens (tertiary/aromatic N) is 2. The Balaban J connectivity index is 0.000000172. The summed E-state index contributed by atoms with van der Waals surface area (Å²) in [7, 11) is 0. The number of fused-ring (bicyclic) bond motifs is 1. The Morgan fingerprint density at radius 3 is 2.13 bits per heavy atom. The van der Waals surface area contributed by atoms with Gasteiger partial charge in [0, 0.05) is 49.4 Å². The van der Waals surface area contributed by atoms with E-state index in [0.717, 1.165) is 33.6 Å². The molecular formula is C27H23IrN3. The SMILES string of the molecule is NCc1cccc(-c2ccccn2)c1.[Ir].c1ccc(-c2ccc3ccccc3n2)cc1. The Labute approximate surface area is 196 Å². The van der Waals surface area contributed by atoms with Gasteiger partial charge in [-0.1, -0.05) is 78.9 Å². The summed E-state index contributed by atoms with van der Waals surface area (Å²) in [5.41, 5.74) is 12.0. The molecular weight excluding hydrogens is 559 g/mol. The van der Waals surface area contributed by atoms with Gasteiger partial charge in [-0.2, -0.15) is 0 Å². The van der Waals surface area contributed by atoms with Crippen LogP contribution in [0.2, 0.25) is 0 Å². The number of benzene rings is 3. The van der Waals surface area contributed by atoms with E-state index in [9.17, 15) is 0 Å². The Hall–Kier alpha value is -3.17. The van der Waals surface area contributed by atoms with Gasteiger partial charge in [-0.05, 0) is 35.9 Å². The maximum Gasteiger partial charge on any atom is 0.0709 e. The summed E-state index contributed by atoms with van der Waals surface area (Å²) < 4.78 is 0. The number of hydrogen-bond donors (Lipinski definition) is 1. The summed E-state index contributed by atoms with van der Waals surface area (Å²) in [5.74, 6) is 0. The fourth-order valence-electron chi connectivity index (χ4n) is 3.23. The number of nitrogens with two attached hydrogens (primary N) is 1. The smallest absolute Gasteiger partial charge is 0.0709 e. The minimum Gasteiger partial charge on any atom is -0.326 e. The second-order valence-corrected chi connectivity index (χ2v) is 6.87. The van der Waals surface area contributed by atoms with Crippen LogP contribution in [-0.4, -0.2) is 9.97 Å². The molecule has 0 bridgehead atoms. The summed E-state index contributed by atoms with van der Waals surface area (Å²) >= 11 is 0. The summed E-state index contributed by atoms with van der Waals surface area (Å²) in [6.07, 6.45) is 1.80. The quantitative estimate of drug-likeness (QED) is 0.280. The molecule has 0 saturated carbocycles. The van der Waals surface area contributed by atoms with Gasteiger partial charge < -0.3 is 5.73 Å². The van der Waals surface area contributed by atoms with E-state index in [1.165, 1.54) is 5.39 Å². The molecule has 0 unspecified atom stereocenters. The third-order valence-corrected chi connectivity index (χ3v) is 4.79. The van der Waals surface area contributed by atoms with Crippen molar-refractivity contribution in [3.05, 3.63) is 121 Å². The molecule has 0 aliphatic carbocycles. The molecule has 2 aromatic heterocycles. The summed E-state index contributed by atoms with van der Waals surface area (Å²) in [6.45, 7) is 0.570. The van der Waals surface area contributed by atoms with Crippen molar-refractivity contribution in [1.82, 2.24) is 9.97 Å². The first-order valence-electron chi connectivity index (χ1n) is 9.95. The minimum atomic E-state index is 0. The van der Waals surface area contributed by atoms with Crippen molar-refractivity contribution in [1.29, 1.82) is 0 Å². The van der Waals surface area contributed by atoms with Crippen LogP contribution in [0.4, 0.5) is 0 Å². The van der Waals surface area contributed by atoms with Crippen LogP contribution in [0.5, 0.6) is 0 Å². The molecule has 0 saturated heterocycles. The summed E-state index contributed by atoms with van der Waals surface area (Å²) in [5, 5.41) is 1.18. The molecule has 0 aliphatic heterocycles. The van der Waals surface area contributed by atoms with E-state index in [-0.39, 0.29) is 20.1 Å². The van der Waals surface area contributed by atoms with Crippen molar-refractivity contribution >= 4 is 10.9 Å². The Kier molecular flexibility index (Phi) is 8.19. The molecule has 5 rings (SSSR count). The zero-order chi connectivity index (χ0) is 20.6. The van der Waals surface area contributed by atoms with Gasteiger partial charge in [0.1, 0.15) is 0 Å². The molecule has 5 aromatic rings. The second kappa shape index (κ2) is 11.3. The van der Waals surface area contributed by atoms with Crippen LogP contribution in [0.1, 0.15) is 5.56 Å². The van der Waals surface area contributed by atoms with Crippen LogP contribution in [0.3, 0.4) is 0 Å². The molecule has 0 aliphatic rings. The van der Waals surface area contributed by atoms with E-state index in [0.29, 0.717) is 6.54 Å². The van der Waals surface area contributed by atoms with Gasteiger partial charge >= 0.3 is 0 Å². The first-order valence-corrected chi connectivity index (χ1v) is 9.95. The Bertz CT molecular complexity index is 1220. The fourth-order valence-corrected chi connectivity index (χ4v) is 3.23. The van der Waals surface area contributed by atoms with Gasteiger partial charge in [0.05, 0.1) is 16.9 Å². The molecule has 0 amide bonds. The van der Waals surface area contributed by atoms with Crippen molar-refractivity contribution in [3.63, 3.8) is 0 Å². The zero-order valence-electron chi connectivity index (χ0n) is 17.0. The van der Waals surface area contributed by atoms with Crippen molar-refractivity contribution in [3.8, 4) is 22.5 Å². The van der Waals surface area contributed by atoms with Crippen LogP contribution in [-0.2, 0) is 26.7 Å². The largest absolute Gasteiger partial charge is 0.326 e. The van der Waals surface area contributed by atoms with Crippen LogP contribution in [0.15, 0.2) is 115 Å². The molecule has 155 valence electrons. The number of para-hydroxylation sites is 1. The monoisotopic (exact) mass is 582 g/mol. The molecule has 4 heteroatoms. The third-order valence-electron chi connectivity index (χ3n) is 4.79. The van der Waals surface area contributed by atoms with Gasteiger partial charge in [-0.25, -0.2) is 4.98 Å². The number of aromatic nitrogens is 2. The van der Waals surface area contributed by atoms with Gasteiger partial charge in [0.15, 0.2) is 0 Å². The fraction of sp³-hybridized carbons (Fsp3) is 0.0370. The summed E-state index contributed by atoms with van der Waals surface area (Å²) in [4.78, 5) is 8.93. The predicted molar refractivity (Wildman–Crippen MR) is 125 cm³/mol. The standard InChI is InChI=1S/C15H11N.C12H12N2.Ir/c1-2-6-12(7-3-1)15-11-10-13-8-4-5-9-14(13)16-15;13-9-10-4-3-5-11(8-10)12-6-1-2-7-14-12;/h1-11H;1-8H,9,13H2;. The van der Waals surface area contributed by atoms with Crippen molar-refractivity contribution < 1.29 is 20.1 Å². The van der Waals surface area contributed by atoms with Gasteiger partial charge in [-0.3, -0.25) is 4.98 Å². The molecule has 0 atom stereocenters. The topological polar surface area (TPSA) is 51.8 Å². The molecule has 0 fully saturated rings. The average molecular weight is 582 g/mol. The van der Waals surface area contributed by atoms with Crippen LogP contribution < -0.4 is 5.73 Å². The van der Waals surface area contributed by atoms with Gasteiger partial charge in [0.2, 0.25) is 0 Å². The molecule has 2 N–H and O–H groups in total. The van der Waals surface area contributed by atoms with E-state index < -0.39 is 0 Å². The van der Waals surface area contributed by atoms with E-state index in [1.54, 1.807) is 6.20 Å². The molecule has 2 heterocycles. The second-order valence-electron chi connectivity index (χ2n) is 6.87. The van der Waals surface area contributed by atoms with Crippen LogP contribution in [0, 0.1) is 0 Å². The number of pyridine rings is 2. The molecule has 31 heavy (non-hydrogen) atoms. The van der Waals surface area contributed by atoms with Gasteiger partial charge in [-0.15, -0.1) is 0 Å². The summed E-state index contributed by atoms with van der Waals surface area (Å²) in [6, 6.07) is 36.6. The van der Waals surface area contributed by atoms with Crippen molar-refractivity contribution in [2.24, 2.45) is 5.73 Å². The Morgan fingerprint density at radius 2 is 1.35 bits per heavy atom. The zero-order valence-corrected chi connectivity index (χ0v) is 19.4. The van der Waals surface area contributed by atoms with Crippen molar-refractivity contribution in [2.75, 3.05) is 0 Å². The number of hydrogen-bond acceptors (Lipinski definition) is 3. The average Bonchev–Trinajstić information content (AvgIpc) is 2.85. The third kappa shape index (κ3) is 5.93. The molecule has 3 aromatic carbocycles. The van der Waals surface area contributed by atoms with Gasteiger partial charge in [0.25, 0.3) is 0 Å². The maximum atomic E-state index is 5.58. The van der Waals surface area contributed by atoms with Crippen molar-refractivity contribution in [2.45, 2.75) is 6.54 Å². The predicted octanol–water partition coefficient (Wildman–Crippen LogP) is 6.11. The first-order chi connectivity index (χ1) is 14.8. The van der Waals surface area contributed by atoms with Crippen LogP contribution in [0.25, 0.3) is 33.4 Å². The normalized spacial score (nSPS) is 9.97. The molecule has 0 spiro atoms. The molecule has 3 nitrogen and oxygen atoms in total. The minimum absolute atomic E-state index is 0. The Morgan fingerprint density at radius 1 is 0.613 bits per heavy atom. The van der Waals surface area contributed by atoms with Crippen LogP contribution >= 0.6 is 0 Å². The molecule has 1 radical (unpaired) electrons. The first kappa shape index (κ1) is 22.5. The van der Waals surface area contributed by atoms with E-state index in [1.807, 2.05) is 72.8 Å². The van der Waals surface area contributed by atoms with E-state index in [4.69, 9.17) is 5.73 Å². The maximum absolute atomic E-state index is 5.58. The number of rotatable bonds is 3. The van der Waals surface area contributed by atoms with E-state index in [2.05, 4.69) is 46.4 Å².